The minimum atomic E-state index is -0.561. The highest BCUT2D eigenvalue weighted by atomic mass is 35.5. The molecule has 0 aliphatic carbocycles. The molecule has 2 rings (SSSR count). The molecule has 0 aliphatic heterocycles. The first-order valence-corrected chi connectivity index (χ1v) is 5.80. The Morgan fingerprint density at radius 2 is 1.89 bits per heavy atom. The van der Waals surface area contributed by atoms with E-state index in [1.54, 1.807) is 12.1 Å². The summed E-state index contributed by atoms with van der Waals surface area (Å²) in [5.41, 5.74) is 6.95. The van der Waals surface area contributed by atoms with E-state index in [1.807, 2.05) is 12.1 Å². The van der Waals surface area contributed by atoms with Crippen LogP contribution in [0, 0.1) is 5.82 Å². The fourth-order valence-electron chi connectivity index (χ4n) is 1.47. The average Bonchev–Trinajstić information content (AvgIpc) is 2.41. The van der Waals surface area contributed by atoms with Crippen molar-refractivity contribution < 1.29 is 9.13 Å². The Bertz CT molecular complexity index is 548. The van der Waals surface area contributed by atoms with Crippen molar-refractivity contribution in [2.24, 2.45) is 5.73 Å². The van der Waals surface area contributed by atoms with Crippen LogP contribution in [0.3, 0.4) is 0 Å². The molecule has 0 atom stereocenters. The van der Waals surface area contributed by atoms with Crippen LogP contribution in [-0.4, -0.2) is 4.98 Å². The first kappa shape index (κ1) is 12.8. The normalized spacial score (nSPS) is 10.4. The Hall–Kier alpha value is -1.65. The summed E-state index contributed by atoms with van der Waals surface area (Å²) in [6, 6.07) is 10.1. The molecule has 0 saturated carbocycles. The van der Waals surface area contributed by atoms with Crippen LogP contribution in [0.4, 0.5) is 4.39 Å². The predicted octanol–water partition coefficient (Wildman–Crippen LogP) is 2.91. The number of benzene rings is 1. The monoisotopic (exact) mass is 266 g/mol. The number of rotatable bonds is 4. The molecular formula is C13H12ClFN2O. The van der Waals surface area contributed by atoms with E-state index in [9.17, 15) is 4.39 Å². The smallest absolute Gasteiger partial charge is 0.183 e. The second-order valence-electron chi connectivity index (χ2n) is 3.67. The van der Waals surface area contributed by atoms with Gasteiger partial charge in [-0.1, -0.05) is 23.7 Å². The maximum Gasteiger partial charge on any atom is 0.183 e. The summed E-state index contributed by atoms with van der Waals surface area (Å²) in [7, 11) is 0. The number of halogens is 2. The Labute approximate surface area is 109 Å². The van der Waals surface area contributed by atoms with Crippen LogP contribution >= 0.6 is 11.6 Å². The lowest BCUT2D eigenvalue weighted by Gasteiger charge is -2.08. The van der Waals surface area contributed by atoms with Gasteiger partial charge in [-0.05, 0) is 24.3 Å². The molecule has 18 heavy (non-hydrogen) atoms. The number of nitrogens with two attached hydrogens (primary N) is 1. The molecule has 1 heterocycles. The summed E-state index contributed by atoms with van der Waals surface area (Å²) >= 11 is 5.66. The highest BCUT2D eigenvalue weighted by Gasteiger charge is 2.07. The molecule has 0 fully saturated rings. The number of aromatic nitrogens is 1. The number of pyridine rings is 1. The minimum Gasteiger partial charge on any atom is -0.484 e. The van der Waals surface area contributed by atoms with E-state index in [0.29, 0.717) is 12.2 Å². The summed E-state index contributed by atoms with van der Waals surface area (Å²) in [5.74, 6) is -0.448. The van der Waals surface area contributed by atoms with E-state index < -0.39 is 5.82 Å². The lowest BCUT2D eigenvalue weighted by molar-refractivity contribution is 0.285. The highest BCUT2D eigenvalue weighted by Crippen LogP contribution is 2.24. The van der Waals surface area contributed by atoms with Crippen LogP contribution in [0.2, 0.25) is 5.02 Å². The molecule has 0 amide bonds. The van der Waals surface area contributed by atoms with Gasteiger partial charge in [0.2, 0.25) is 0 Å². The van der Waals surface area contributed by atoms with Crippen molar-refractivity contribution in [3.8, 4) is 5.75 Å². The number of nitrogens with zero attached hydrogens (tertiary/aromatic N) is 1. The SMILES string of the molecule is NCc1cccc(COc2cccc(Cl)c2F)n1. The Morgan fingerprint density at radius 1 is 1.17 bits per heavy atom. The van der Waals surface area contributed by atoms with Gasteiger partial charge in [0, 0.05) is 6.54 Å². The fourth-order valence-corrected chi connectivity index (χ4v) is 1.64. The van der Waals surface area contributed by atoms with Crippen LogP contribution in [0.5, 0.6) is 5.75 Å². The molecular weight excluding hydrogens is 255 g/mol. The van der Waals surface area contributed by atoms with Crippen LogP contribution in [0.25, 0.3) is 0 Å². The topological polar surface area (TPSA) is 48.1 Å². The maximum absolute atomic E-state index is 13.6. The van der Waals surface area contributed by atoms with Crippen molar-refractivity contribution in [1.82, 2.24) is 4.98 Å². The predicted molar refractivity (Wildman–Crippen MR) is 67.9 cm³/mol. The van der Waals surface area contributed by atoms with Gasteiger partial charge in [-0.15, -0.1) is 0 Å². The molecule has 0 saturated heterocycles. The lowest BCUT2D eigenvalue weighted by Crippen LogP contribution is -2.04. The van der Waals surface area contributed by atoms with Crippen molar-refractivity contribution in [2.75, 3.05) is 0 Å². The van der Waals surface area contributed by atoms with Crippen molar-refractivity contribution >= 4 is 11.6 Å². The number of hydrogen-bond donors (Lipinski definition) is 1. The average molecular weight is 267 g/mol. The summed E-state index contributed by atoms with van der Waals surface area (Å²) < 4.78 is 18.9. The molecule has 0 unspecified atom stereocenters. The molecule has 0 aliphatic rings. The summed E-state index contributed by atoms with van der Waals surface area (Å²) in [6.45, 7) is 0.532. The lowest BCUT2D eigenvalue weighted by atomic mass is 10.3. The van der Waals surface area contributed by atoms with Crippen LogP contribution in [0.1, 0.15) is 11.4 Å². The Balaban J connectivity index is 2.09. The maximum atomic E-state index is 13.6. The van der Waals surface area contributed by atoms with Crippen molar-refractivity contribution in [3.63, 3.8) is 0 Å². The third-order valence-electron chi connectivity index (χ3n) is 2.37. The molecule has 1 aromatic heterocycles. The van der Waals surface area contributed by atoms with Gasteiger partial charge in [-0.25, -0.2) is 4.39 Å². The number of ether oxygens (including phenoxy) is 1. The second-order valence-corrected chi connectivity index (χ2v) is 4.07. The second kappa shape index (κ2) is 5.80. The van der Waals surface area contributed by atoms with E-state index >= 15 is 0 Å². The van der Waals surface area contributed by atoms with Crippen molar-refractivity contribution in [2.45, 2.75) is 13.2 Å². The molecule has 0 radical (unpaired) electrons. The Morgan fingerprint density at radius 3 is 2.67 bits per heavy atom. The van der Waals surface area contributed by atoms with Crippen LogP contribution < -0.4 is 10.5 Å². The van der Waals surface area contributed by atoms with Crippen molar-refractivity contribution in [1.29, 1.82) is 0 Å². The largest absolute Gasteiger partial charge is 0.484 e. The van der Waals surface area contributed by atoms with Gasteiger partial charge in [-0.3, -0.25) is 4.98 Å². The van der Waals surface area contributed by atoms with E-state index in [1.165, 1.54) is 12.1 Å². The third-order valence-corrected chi connectivity index (χ3v) is 2.66. The summed E-state index contributed by atoms with van der Waals surface area (Å²) in [5, 5.41) is 0.0381. The molecule has 2 N–H and O–H groups in total. The van der Waals surface area contributed by atoms with Gasteiger partial charge in [0.15, 0.2) is 11.6 Å². The van der Waals surface area contributed by atoms with Gasteiger partial charge in [0.05, 0.1) is 16.4 Å². The Kier molecular flexibility index (Phi) is 4.12. The zero-order chi connectivity index (χ0) is 13.0. The molecule has 0 bridgehead atoms. The standard InChI is InChI=1S/C13H12ClFN2O/c14-11-5-2-6-12(13(11)15)18-8-10-4-1-3-9(7-16)17-10/h1-6H,7-8,16H2. The zero-order valence-electron chi connectivity index (χ0n) is 9.57. The molecule has 0 spiro atoms. The quantitative estimate of drug-likeness (QED) is 0.926. The van der Waals surface area contributed by atoms with Gasteiger partial charge in [0.1, 0.15) is 6.61 Å². The summed E-state index contributed by atoms with van der Waals surface area (Å²) in [4.78, 5) is 4.25. The molecule has 1 aromatic carbocycles. The highest BCUT2D eigenvalue weighted by molar-refractivity contribution is 6.30. The van der Waals surface area contributed by atoms with E-state index in [0.717, 1.165) is 5.69 Å². The molecule has 94 valence electrons. The van der Waals surface area contributed by atoms with Gasteiger partial charge < -0.3 is 10.5 Å². The molecule has 5 heteroatoms. The van der Waals surface area contributed by atoms with E-state index in [4.69, 9.17) is 22.1 Å². The molecule has 2 aromatic rings. The van der Waals surface area contributed by atoms with E-state index in [2.05, 4.69) is 4.98 Å². The third kappa shape index (κ3) is 2.97. The van der Waals surface area contributed by atoms with Gasteiger partial charge >= 0.3 is 0 Å². The van der Waals surface area contributed by atoms with Crippen LogP contribution in [0.15, 0.2) is 36.4 Å². The number of hydrogen-bond acceptors (Lipinski definition) is 3. The van der Waals surface area contributed by atoms with Crippen molar-refractivity contribution in [3.05, 3.63) is 58.6 Å². The minimum absolute atomic E-state index is 0.0381. The zero-order valence-corrected chi connectivity index (χ0v) is 10.3. The fraction of sp³-hybridized carbons (Fsp3) is 0.154. The van der Waals surface area contributed by atoms with Gasteiger partial charge in [0.25, 0.3) is 0 Å². The van der Waals surface area contributed by atoms with Gasteiger partial charge in [-0.2, -0.15) is 0 Å². The van der Waals surface area contributed by atoms with E-state index in [-0.39, 0.29) is 17.4 Å². The summed E-state index contributed by atoms with van der Waals surface area (Å²) in [6.07, 6.45) is 0. The first-order valence-electron chi connectivity index (χ1n) is 5.42. The van der Waals surface area contributed by atoms with Crippen LogP contribution in [-0.2, 0) is 13.2 Å². The molecule has 3 nitrogen and oxygen atoms in total. The first-order chi connectivity index (χ1) is 8.70.